The van der Waals surface area contributed by atoms with Crippen molar-refractivity contribution in [3.8, 4) is 0 Å². The average Bonchev–Trinajstić information content (AvgIpc) is 2.30. The number of carbonyl (C=O) groups excluding carboxylic acids is 1. The zero-order valence-electron chi connectivity index (χ0n) is 10.7. The van der Waals surface area contributed by atoms with E-state index >= 15 is 0 Å². The van der Waals surface area contributed by atoms with Gasteiger partial charge in [0.15, 0.2) is 6.10 Å². The van der Waals surface area contributed by atoms with E-state index in [4.69, 9.17) is 0 Å². The number of ketones is 1. The van der Waals surface area contributed by atoms with Gasteiger partial charge < -0.3 is 14.9 Å². The Kier molecular flexibility index (Phi) is 4.35. The van der Waals surface area contributed by atoms with Crippen LogP contribution in [0.15, 0.2) is 11.4 Å². The van der Waals surface area contributed by atoms with E-state index in [9.17, 15) is 9.90 Å². The second kappa shape index (κ2) is 5.34. The van der Waals surface area contributed by atoms with E-state index in [1.807, 2.05) is 30.8 Å². The van der Waals surface area contributed by atoms with Gasteiger partial charge in [-0.3, -0.25) is 4.79 Å². The molecule has 1 N–H and O–H groups in total. The lowest BCUT2D eigenvalue weighted by Crippen LogP contribution is -2.49. The summed E-state index contributed by atoms with van der Waals surface area (Å²) in [6.45, 7) is 5.79. The molecule has 0 bridgehead atoms. The maximum Gasteiger partial charge on any atom is 0.215 e. The van der Waals surface area contributed by atoms with Crippen molar-refractivity contribution >= 4 is 5.78 Å². The highest BCUT2D eigenvalue weighted by Gasteiger charge is 2.41. The van der Waals surface area contributed by atoms with E-state index < -0.39 is 6.10 Å². The van der Waals surface area contributed by atoms with Gasteiger partial charge in [0.25, 0.3) is 0 Å². The first kappa shape index (κ1) is 13.0. The van der Waals surface area contributed by atoms with Crippen LogP contribution in [0, 0.1) is 0 Å². The molecule has 0 fully saturated rings. The summed E-state index contributed by atoms with van der Waals surface area (Å²) in [5.41, 5.74) is 1.46. The van der Waals surface area contributed by atoms with Gasteiger partial charge in [-0.25, -0.2) is 0 Å². The van der Waals surface area contributed by atoms with E-state index in [0.717, 1.165) is 31.6 Å². The van der Waals surface area contributed by atoms with Crippen LogP contribution in [0.25, 0.3) is 0 Å². The fraction of sp³-hybridized carbons (Fsp3) is 0.750. The topological polar surface area (TPSA) is 43.8 Å². The summed E-state index contributed by atoms with van der Waals surface area (Å²) in [5, 5.41) is 9.65. The Morgan fingerprint density at radius 2 is 1.88 bits per heavy atom. The summed E-state index contributed by atoms with van der Waals surface area (Å²) in [6, 6.07) is 0. The number of aliphatic hydroxyl groups is 1. The number of carbonyl (C=O) groups is 1. The zero-order chi connectivity index (χ0) is 12.3. The van der Waals surface area contributed by atoms with Crippen molar-refractivity contribution in [1.82, 2.24) is 9.80 Å². The van der Waals surface area contributed by atoms with Gasteiger partial charge >= 0.3 is 0 Å². The molecule has 0 saturated carbocycles. The first-order chi connectivity index (χ1) is 7.54. The largest absolute Gasteiger partial charge is 0.378 e. The van der Waals surface area contributed by atoms with E-state index in [2.05, 4.69) is 6.92 Å². The van der Waals surface area contributed by atoms with E-state index in [-0.39, 0.29) is 5.78 Å². The van der Waals surface area contributed by atoms with Crippen LogP contribution in [0.5, 0.6) is 0 Å². The summed E-state index contributed by atoms with van der Waals surface area (Å²) in [7, 11) is 3.82. The van der Waals surface area contributed by atoms with Crippen molar-refractivity contribution in [2.45, 2.75) is 32.8 Å². The third kappa shape index (κ3) is 2.21. The smallest absolute Gasteiger partial charge is 0.215 e. The Bertz CT molecular complexity index is 299. The predicted molar refractivity (Wildman–Crippen MR) is 63.9 cm³/mol. The fourth-order valence-corrected chi connectivity index (χ4v) is 1.88. The van der Waals surface area contributed by atoms with Crippen molar-refractivity contribution in [3.05, 3.63) is 11.4 Å². The molecule has 4 heteroatoms. The minimum atomic E-state index is -0.913. The number of Topliss-reactive ketones (excluding diaryl/α,β-unsaturated/α-hetero) is 1. The van der Waals surface area contributed by atoms with Gasteiger partial charge in [-0.05, 0) is 13.3 Å². The van der Waals surface area contributed by atoms with E-state index in [0.29, 0.717) is 5.70 Å². The molecule has 92 valence electrons. The normalized spacial score (nSPS) is 19.8. The standard InChI is InChI=1S/C12H22N2O2/c1-5-7-8-14(4)10-9(13(3)6-2)11(15)12(10)16/h11,15H,5-8H2,1-4H3. The molecule has 4 nitrogen and oxygen atoms in total. The molecular formula is C12H22N2O2. The summed E-state index contributed by atoms with van der Waals surface area (Å²) < 4.78 is 0. The van der Waals surface area contributed by atoms with E-state index in [1.54, 1.807) is 0 Å². The molecule has 0 heterocycles. The predicted octanol–water partition coefficient (Wildman–Crippen LogP) is 0.825. The van der Waals surface area contributed by atoms with Crippen LogP contribution < -0.4 is 0 Å². The van der Waals surface area contributed by atoms with Gasteiger partial charge in [0.1, 0.15) is 5.70 Å². The van der Waals surface area contributed by atoms with Crippen molar-refractivity contribution in [2.24, 2.45) is 0 Å². The molecule has 1 aliphatic carbocycles. The molecule has 1 atom stereocenters. The zero-order valence-corrected chi connectivity index (χ0v) is 10.7. The molecule has 0 aromatic heterocycles. The van der Waals surface area contributed by atoms with Crippen molar-refractivity contribution in [3.63, 3.8) is 0 Å². The average molecular weight is 226 g/mol. The molecule has 1 aliphatic rings. The van der Waals surface area contributed by atoms with Gasteiger partial charge in [0, 0.05) is 27.2 Å². The van der Waals surface area contributed by atoms with Crippen LogP contribution in [0.2, 0.25) is 0 Å². The highest BCUT2D eigenvalue weighted by molar-refractivity contribution is 6.07. The number of hydrogen-bond acceptors (Lipinski definition) is 4. The maximum absolute atomic E-state index is 11.6. The van der Waals surface area contributed by atoms with Crippen LogP contribution in [0.3, 0.4) is 0 Å². The lowest BCUT2D eigenvalue weighted by molar-refractivity contribution is -0.128. The molecule has 0 aromatic rings. The summed E-state index contributed by atoms with van der Waals surface area (Å²) in [5.74, 6) is -0.145. The Labute approximate surface area is 97.5 Å². The maximum atomic E-state index is 11.6. The number of unbranched alkanes of at least 4 members (excludes halogenated alkanes) is 1. The molecule has 0 aliphatic heterocycles. The van der Waals surface area contributed by atoms with Crippen molar-refractivity contribution in [2.75, 3.05) is 27.2 Å². The van der Waals surface area contributed by atoms with Gasteiger partial charge in [0.05, 0.1) is 5.70 Å². The molecule has 1 unspecified atom stereocenters. The second-order valence-corrected chi connectivity index (χ2v) is 4.29. The van der Waals surface area contributed by atoms with Crippen molar-refractivity contribution < 1.29 is 9.90 Å². The third-order valence-electron chi connectivity index (χ3n) is 3.10. The highest BCUT2D eigenvalue weighted by atomic mass is 16.3. The van der Waals surface area contributed by atoms with Crippen LogP contribution >= 0.6 is 0 Å². The molecule has 0 saturated heterocycles. The monoisotopic (exact) mass is 226 g/mol. The Morgan fingerprint density at radius 3 is 2.38 bits per heavy atom. The second-order valence-electron chi connectivity index (χ2n) is 4.29. The minimum Gasteiger partial charge on any atom is -0.378 e. The lowest BCUT2D eigenvalue weighted by atomic mass is 9.93. The Morgan fingerprint density at radius 1 is 1.25 bits per heavy atom. The van der Waals surface area contributed by atoms with Gasteiger partial charge in [-0.15, -0.1) is 0 Å². The first-order valence-corrected chi connectivity index (χ1v) is 5.93. The highest BCUT2D eigenvalue weighted by Crippen LogP contribution is 2.29. The van der Waals surface area contributed by atoms with Gasteiger partial charge in [-0.1, -0.05) is 13.3 Å². The summed E-state index contributed by atoms with van der Waals surface area (Å²) >= 11 is 0. The molecule has 0 amide bonds. The number of likely N-dealkylation sites (N-methyl/N-ethyl adjacent to an activating group) is 2. The van der Waals surface area contributed by atoms with Crippen LogP contribution in [0.1, 0.15) is 26.7 Å². The SMILES string of the molecule is CCCCN(C)C1=C(N(C)CC)C(O)C1=O. The van der Waals surface area contributed by atoms with Crippen LogP contribution in [-0.2, 0) is 4.79 Å². The minimum absolute atomic E-state index is 0.145. The molecule has 0 spiro atoms. The van der Waals surface area contributed by atoms with Crippen LogP contribution in [0.4, 0.5) is 0 Å². The van der Waals surface area contributed by atoms with Gasteiger partial charge in [-0.2, -0.15) is 0 Å². The third-order valence-corrected chi connectivity index (χ3v) is 3.10. The first-order valence-electron chi connectivity index (χ1n) is 5.93. The van der Waals surface area contributed by atoms with Gasteiger partial charge in [0.2, 0.25) is 5.78 Å². The molecule has 0 radical (unpaired) electrons. The molecule has 1 rings (SSSR count). The number of hydrogen-bond donors (Lipinski definition) is 1. The number of nitrogens with zero attached hydrogens (tertiary/aromatic N) is 2. The summed E-state index contributed by atoms with van der Waals surface area (Å²) in [6.07, 6.45) is 1.25. The van der Waals surface area contributed by atoms with E-state index in [1.165, 1.54) is 0 Å². The fourth-order valence-electron chi connectivity index (χ4n) is 1.88. The molecule has 0 aromatic carbocycles. The Balaban J connectivity index is 2.81. The number of aliphatic hydroxyl groups excluding tert-OH is 1. The number of rotatable bonds is 6. The van der Waals surface area contributed by atoms with Crippen molar-refractivity contribution in [1.29, 1.82) is 0 Å². The van der Waals surface area contributed by atoms with Crippen LogP contribution in [-0.4, -0.2) is 54.0 Å². The molecular weight excluding hydrogens is 204 g/mol. The lowest BCUT2D eigenvalue weighted by Gasteiger charge is -2.38. The molecule has 16 heavy (non-hydrogen) atoms. The summed E-state index contributed by atoms with van der Waals surface area (Å²) in [4.78, 5) is 15.5. The quantitative estimate of drug-likeness (QED) is 0.728. The Hall–Kier alpha value is -1.03.